The second kappa shape index (κ2) is 6.53. The molecule has 0 aromatic carbocycles. The minimum atomic E-state index is -0.436. The van der Waals surface area contributed by atoms with Crippen molar-refractivity contribution in [1.82, 2.24) is 15.1 Å². The van der Waals surface area contributed by atoms with Gasteiger partial charge in [0.25, 0.3) is 0 Å². The van der Waals surface area contributed by atoms with E-state index in [9.17, 15) is 4.79 Å². The first kappa shape index (κ1) is 15.4. The van der Waals surface area contributed by atoms with E-state index in [1.165, 1.54) is 0 Å². The zero-order chi connectivity index (χ0) is 13.8. The molecule has 0 atom stereocenters. The Kier molecular flexibility index (Phi) is 5.60. The van der Waals surface area contributed by atoms with E-state index in [1.54, 1.807) is 0 Å². The number of hydrogen-bond donors (Lipinski definition) is 1. The van der Waals surface area contributed by atoms with E-state index in [0.717, 1.165) is 39.3 Å². The van der Waals surface area contributed by atoms with Crippen LogP contribution in [0, 0.1) is 5.92 Å². The van der Waals surface area contributed by atoms with Gasteiger partial charge in [-0.2, -0.15) is 0 Å². The second-order valence-corrected chi connectivity index (χ2v) is 6.14. The molecule has 0 aromatic rings. The minimum Gasteiger partial charge on any atom is -0.339 e. The summed E-state index contributed by atoms with van der Waals surface area (Å²) in [5.41, 5.74) is -0.436. The summed E-state index contributed by atoms with van der Waals surface area (Å²) in [5, 5.41) is 3.26. The van der Waals surface area contributed by atoms with Crippen molar-refractivity contribution in [2.45, 2.75) is 40.2 Å². The Hall–Kier alpha value is -0.610. The normalized spacial score (nSPS) is 18.4. The predicted octanol–water partition coefficient (Wildman–Crippen LogP) is 1.17. The Bertz CT molecular complexity index is 268. The van der Waals surface area contributed by atoms with Crippen LogP contribution in [-0.2, 0) is 4.79 Å². The Morgan fingerprint density at radius 3 is 2.22 bits per heavy atom. The van der Waals surface area contributed by atoms with Crippen LogP contribution in [0.4, 0.5) is 0 Å². The van der Waals surface area contributed by atoms with Crippen LogP contribution in [0.1, 0.15) is 34.6 Å². The molecule has 0 saturated carbocycles. The van der Waals surface area contributed by atoms with E-state index in [4.69, 9.17) is 0 Å². The quantitative estimate of drug-likeness (QED) is 0.801. The van der Waals surface area contributed by atoms with Crippen molar-refractivity contribution in [3.05, 3.63) is 0 Å². The van der Waals surface area contributed by atoms with Gasteiger partial charge in [-0.15, -0.1) is 0 Å². The fourth-order valence-corrected chi connectivity index (χ4v) is 2.56. The Morgan fingerprint density at radius 1 is 1.22 bits per heavy atom. The molecule has 0 aliphatic carbocycles. The number of carbonyl (C=O) groups is 1. The van der Waals surface area contributed by atoms with Gasteiger partial charge in [-0.1, -0.05) is 20.8 Å². The molecular weight excluding hydrogens is 226 g/mol. The lowest BCUT2D eigenvalue weighted by atomic mass is 10.0. The average molecular weight is 255 g/mol. The lowest BCUT2D eigenvalue weighted by Gasteiger charge is -2.39. The standard InChI is InChI=1S/C14H29N3O/c1-6-15-14(4,5)13(18)17-9-7-16(8-10-17)11-12(2)3/h12,15H,6-11H2,1-5H3. The minimum absolute atomic E-state index is 0.230. The van der Waals surface area contributed by atoms with Crippen molar-refractivity contribution >= 4 is 5.91 Å². The maximum atomic E-state index is 12.4. The van der Waals surface area contributed by atoms with Crippen LogP contribution in [0.3, 0.4) is 0 Å². The third-order valence-corrected chi connectivity index (χ3v) is 3.44. The van der Waals surface area contributed by atoms with Gasteiger partial charge in [-0.05, 0) is 26.3 Å². The highest BCUT2D eigenvalue weighted by Crippen LogP contribution is 2.12. The maximum absolute atomic E-state index is 12.4. The number of hydrogen-bond acceptors (Lipinski definition) is 3. The fraction of sp³-hybridized carbons (Fsp3) is 0.929. The zero-order valence-corrected chi connectivity index (χ0v) is 12.6. The van der Waals surface area contributed by atoms with E-state index in [1.807, 2.05) is 25.7 Å². The highest BCUT2D eigenvalue weighted by molar-refractivity contribution is 5.85. The van der Waals surface area contributed by atoms with Crippen LogP contribution in [0.15, 0.2) is 0 Å². The summed E-state index contributed by atoms with van der Waals surface area (Å²) in [6.07, 6.45) is 0. The molecule has 18 heavy (non-hydrogen) atoms. The molecule has 1 amide bonds. The molecule has 106 valence electrons. The van der Waals surface area contributed by atoms with Gasteiger partial charge in [0.2, 0.25) is 5.91 Å². The first-order valence-corrected chi connectivity index (χ1v) is 7.13. The average Bonchev–Trinajstić information content (AvgIpc) is 2.28. The molecule has 0 unspecified atom stereocenters. The van der Waals surface area contributed by atoms with Crippen molar-refractivity contribution in [3.8, 4) is 0 Å². The van der Waals surface area contributed by atoms with Gasteiger partial charge < -0.3 is 10.2 Å². The molecular formula is C14H29N3O. The lowest BCUT2D eigenvalue weighted by Crippen LogP contribution is -2.58. The van der Waals surface area contributed by atoms with Crippen LogP contribution in [0.2, 0.25) is 0 Å². The van der Waals surface area contributed by atoms with Crippen LogP contribution in [0.5, 0.6) is 0 Å². The van der Waals surface area contributed by atoms with Gasteiger partial charge in [0.15, 0.2) is 0 Å². The Labute approximate surface area is 112 Å². The van der Waals surface area contributed by atoms with Crippen molar-refractivity contribution < 1.29 is 4.79 Å². The van der Waals surface area contributed by atoms with Crippen molar-refractivity contribution in [1.29, 1.82) is 0 Å². The number of nitrogens with zero attached hydrogens (tertiary/aromatic N) is 2. The van der Waals surface area contributed by atoms with E-state index >= 15 is 0 Å². The summed E-state index contributed by atoms with van der Waals surface area (Å²) in [6, 6.07) is 0. The molecule has 1 N–H and O–H groups in total. The molecule has 0 spiro atoms. The lowest BCUT2D eigenvalue weighted by molar-refractivity contribution is -0.138. The second-order valence-electron chi connectivity index (χ2n) is 6.14. The van der Waals surface area contributed by atoms with Gasteiger partial charge in [-0.25, -0.2) is 0 Å². The monoisotopic (exact) mass is 255 g/mol. The maximum Gasteiger partial charge on any atom is 0.242 e. The summed E-state index contributed by atoms with van der Waals surface area (Å²) in [4.78, 5) is 16.8. The molecule has 1 heterocycles. The molecule has 1 aliphatic heterocycles. The van der Waals surface area contributed by atoms with Gasteiger partial charge >= 0.3 is 0 Å². The number of piperazine rings is 1. The van der Waals surface area contributed by atoms with Crippen molar-refractivity contribution in [3.63, 3.8) is 0 Å². The highest BCUT2D eigenvalue weighted by Gasteiger charge is 2.32. The van der Waals surface area contributed by atoms with Crippen molar-refractivity contribution in [2.75, 3.05) is 39.3 Å². The first-order chi connectivity index (χ1) is 8.36. The summed E-state index contributed by atoms with van der Waals surface area (Å²) in [5.74, 6) is 0.930. The summed E-state index contributed by atoms with van der Waals surface area (Å²) in [7, 11) is 0. The van der Waals surface area contributed by atoms with Crippen LogP contribution >= 0.6 is 0 Å². The molecule has 0 radical (unpaired) electrons. The van der Waals surface area contributed by atoms with Crippen LogP contribution < -0.4 is 5.32 Å². The largest absolute Gasteiger partial charge is 0.339 e. The molecule has 1 fully saturated rings. The van der Waals surface area contributed by atoms with E-state index in [-0.39, 0.29) is 5.91 Å². The number of carbonyl (C=O) groups excluding carboxylic acids is 1. The van der Waals surface area contributed by atoms with E-state index < -0.39 is 5.54 Å². The van der Waals surface area contributed by atoms with Gasteiger partial charge in [0.1, 0.15) is 0 Å². The molecule has 1 saturated heterocycles. The Balaban J connectivity index is 2.45. The summed E-state index contributed by atoms with van der Waals surface area (Å²) < 4.78 is 0. The van der Waals surface area contributed by atoms with Gasteiger partial charge in [0.05, 0.1) is 5.54 Å². The smallest absolute Gasteiger partial charge is 0.242 e. The van der Waals surface area contributed by atoms with E-state index in [2.05, 4.69) is 24.1 Å². The van der Waals surface area contributed by atoms with Gasteiger partial charge in [0, 0.05) is 32.7 Å². The number of rotatable bonds is 5. The number of amides is 1. The molecule has 0 bridgehead atoms. The number of likely N-dealkylation sites (N-methyl/N-ethyl adjacent to an activating group) is 1. The third-order valence-electron chi connectivity index (χ3n) is 3.44. The highest BCUT2D eigenvalue weighted by atomic mass is 16.2. The molecule has 4 heteroatoms. The molecule has 1 rings (SSSR count). The van der Waals surface area contributed by atoms with Crippen LogP contribution in [-0.4, -0.2) is 60.5 Å². The third kappa shape index (κ3) is 4.25. The summed E-state index contributed by atoms with van der Waals surface area (Å²) in [6.45, 7) is 16.2. The number of nitrogens with one attached hydrogen (secondary N) is 1. The molecule has 4 nitrogen and oxygen atoms in total. The first-order valence-electron chi connectivity index (χ1n) is 7.13. The Morgan fingerprint density at radius 2 is 1.78 bits per heavy atom. The zero-order valence-electron chi connectivity index (χ0n) is 12.6. The van der Waals surface area contributed by atoms with E-state index in [0.29, 0.717) is 5.92 Å². The fourth-order valence-electron chi connectivity index (χ4n) is 2.56. The van der Waals surface area contributed by atoms with Crippen LogP contribution in [0.25, 0.3) is 0 Å². The van der Waals surface area contributed by atoms with Crippen molar-refractivity contribution in [2.24, 2.45) is 5.92 Å². The summed E-state index contributed by atoms with van der Waals surface area (Å²) >= 11 is 0. The topological polar surface area (TPSA) is 35.6 Å². The molecule has 1 aliphatic rings. The molecule has 0 aromatic heterocycles. The SMILES string of the molecule is CCNC(C)(C)C(=O)N1CCN(CC(C)C)CC1. The predicted molar refractivity (Wildman–Crippen MR) is 75.6 cm³/mol. The van der Waals surface area contributed by atoms with Gasteiger partial charge in [-0.3, -0.25) is 9.69 Å².